The Bertz CT molecular complexity index is 1360. The lowest BCUT2D eigenvalue weighted by Gasteiger charge is -2.45. The zero-order chi connectivity index (χ0) is 26.6. The molecule has 2 aliphatic heterocycles. The highest BCUT2D eigenvalue weighted by atomic mass is 35.5. The smallest absolute Gasteiger partial charge is 0.229 e. The van der Waals surface area contributed by atoms with Gasteiger partial charge in [-0.2, -0.15) is 5.10 Å². The normalized spacial score (nSPS) is 29.7. The van der Waals surface area contributed by atoms with E-state index in [4.69, 9.17) is 16.3 Å². The van der Waals surface area contributed by atoms with Crippen LogP contribution in [0.15, 0.2) is 36.7 Å². The van der Waals surface area contributed by atoms with E-state index in [0.29, 0.717) is 30.0 Å². The van der Waals surface area contributed by atoms with E-state index in [2.05, 4.69) is 45.1 Å². The summed E-state index contributed by atoms with van der Waals surface area (Å²) < 4.78 is 7.32. The Kier molecular flexibility index (Phi) is 6.58. The number of aliphatic hydroxyl groups excluding tert-OH is 1. The number of carbonyl (C=O) groups is 1. The Balaban J connectivity index is 1.16. The number of benzene rings is 1. The van der Waals surface area contributed by atoms with Crippen molar-refractivity contribution in [2.24, 2.45) is 18.9 Å². The summed E-state index contributed by atoms with van der Waals surface area (Å²) in [6, 6.07) is 7.96. The molecule has 3 aliphatic rings. The maximum Gasteiger partial charge on any atom is 0.229 e. The van der Waals surface area contributed by atoms with Gasteiger partial charge in [0.1, 0.15) is 5.82 Å². The standard InChI is InChI=1S/C28H35ClN6O3/c1-4-19-25(21-5-6-33(3)32-21)26(19)27(37)31-24-13-17-12-22(20(29)11-18(17)14-30-24)34-7-9-35(10-8-34)28(2)16-38-15-23(28)36/h5-6,11-14,19,23,25-26,36H,4,7-10,15-16H2,1-3H3,(H,30,31,37)/t19-,23+,25-,26+,28-/m1/s1. The molecule has 10 heteroatoms. The lowest BCUT2D eigenvalue weighted by atomic mass is 9.95. The van der Waals surface area contributed by atoms with Gasteiger partial charge in [-0.3, -0.25) is 14.4 Å². The summed E-state index contributed by atoms with van der Waals surface area (Å²) in [6.45, 7) is 8.39. The van der Waals surface area contributed by atoms with Crippen LogP contribution in [-0.2, 0) is 16.6 Å². The third-order valence-electron chi connectivity index (χ3n) is 8.79. The van der Waals surface area contributed by atoms with E-state index in [9.17, 15) is 9.90 Å². The molecule has 2 N–H and O–H groups in total. The van der Waals surface area contributed by atoms with Crippen molar-refractivity contribution in [1.29, 1.82) is 0 Å². The van der Waals surface area contributed by atoms with Crippen LogP contribution in [0.3, 0.4) is 0 Å². The van der Waals surface area contributed by atoms with E-state index in [0.717, 1.165) is 54.8 Å². The SMILES string of the molecule is CC[C@H]1[C@H](C(=O)Nc2cc3cc(N4CCN([C@]5(C)COC[C@@H]5O)CC4)c(Cl)cc3cn2)[C@H]1c1ccn(C)n1. The van der Waals surface area contributed by atoms with Crippen LogP contribution in [0.2, 0.25) is 5.02 Å². The summed E-state index contributed by atoms with van der Waals surface area (Å²) in [5.41, 5.74) is 1.61. The molecule has 0 unspecified atom stereocenters. The maximum atomic E-state index is 13.2. The van der Waals surface area contributed by atoms with Gasteiger partial charge in [-0.15, -0.1) is 0 Å². The van der Waals surface area contributed by atoms with Gasteiger partial charge in [-0.25, -0.2) is 4.98 Å². The van der Waals surface area contributed by atoms with Crippen LogP contribution in [-0.4, -0.2) is 81.7 Å². The number of nitrogens with zero attached hydrogens (tertiary/aromatic N) is 5. The number of pyridine rings is 1. The van der Waals surface area contributed by atoms with Crippen LogP contribution in [0.25, 0.3) is 10.8 Å². The molecular weight excluding hydrogens is 504 g/mol. The molecule has 2 aromatic heterocycles. The van der Waals surface area contributed by atoms with Crippen molar-refractivity contribution >= 4 is 39.8 Å². The van der Waals surface area contributed by atoms with Crippen LogP contribution in [0, 0.1) is 11.8 Å². The summed E-state index contributed by atoms with van der Waals surface area (Å²) >= 11 is 6.71. The van der Waals surface area contributed by atoms with E-state index >= 15 is 0 Å². The van der Waals surface area contributed by atoms with Gasteiger partial charge >= 0.3 is 0 Å². The number of ether oxygens (including phenoxy) is 1. The number of carbonyl (C=O) groups excluding carboxylic acids is 1. The van der Waals surface area contributed by atoms with Crippen molar-refractivity contribution in [2.75, 3.05) is 49.6 Å². The van der Waals surface area contributed by atoms with Crippen molar-refractivity contribution in [1.82, 2.24) is 19.7 Å². The molecule has 202 valence electrons. The van der Waals surface area contributed by atoms with Gasteiger partial charge in [-0.05, 0) is 42.5 Å². The van der Waals surface area contributed by atoms with Crippen LogP contribution in [0.1, 0.15) is 31.9 Å². The number of nitrogens with one attached hydrogen (secondary N) is 1. The molecule has 0 spiro atoms. The number of anilines is 2. The lowest BCUT2D eigenvalue weighted by Crippen LogP contribution is -2.60. The number of halogens is 1. The van der Waals surface area contributed by atoms with Crippen LogP contribution in [0.5, 0.6) is 0 Å². The number of amides is 1. The van der Waals surface area contributed by atoms with Gasteiger partial charge in [0.25, 0.3) is 0 Å². The number of hydrogen-bond donors (Lipinski definition) is 2. The third-order valence-corrected chi connectivity index (χ3v) is 9.09. The van der Waals surface area contributed by atoms with Gasteiger partial charge in [0.15, 0.2) is 0 Å². The zero-order valence-electron chi connectivity index (χ0n) is 22.1. The maximum absolute atomic E-state index is 13.2. The number of piperazine rings is 1. The second-order valence-corrected chi connectivity index (χ2v) is 11.5. The predicted octanol–water partition coefficient (Wildman–Crippen LogP) is 3.27. The first-order valence-corrected chi connectivity index (χ1v) is 13.8. The number of rotatable bonds is 6. The lowest BCUT2D eigenvalue weighted by molar-refractivity contribution is -0.117. The van der Waals surface area contributed by atoms with Crippen LogP contribution in [0.4, 0.5) is 11.5 Å². The highest BCUT2D eigenvalue weighted by molar-refractivity contribution is 6.34. The summed E-state index contributed by atoms with van der Waals surface area (Å²) in [5.74, 6) is 0.912. The van der Waals surface area contributed by atoms with Gasteiger partial charge in [0.2, 0.25) is 5.91 Å². The molecule has 9 nitrogen and oxygen atoms in total. The quantitative estimate of drug-likeness (QED) is 0.497. The fourth-order valence-corrected chi connectivity index (χ4v) is 6.63. The van der Waals surface area contributed by atoms with Crippen molar-refractivity contribution in [2.45, 2.75) is 37.8 Å². The van der Waals surface area contributed by atoms with Crippen molar-refractivity contribution in [3.05, 3.63) is 47.4 Å². The molecule has 5 atom stereocenters. The topological polar surface area (TPSA) is 95.8 Å². The molecule has 0 bridgehead atoms. The molecule has 1 saturated carbocycles. The van der Waals surface area contributed by atoms with E-state index in [1.807, 2.05) is 31.4 Å². The molecule has 1 aromatic carbocycles. The molecule has 3 fully saturated rings. The molecular formula is C28H35ClN6O3. The first kappa shape index (κ1) is 25.6. The summed E-state index contributed by atoms with van der Waals surface area (Å²) in [5, 5.41) is 20.6. The third kappa shape index (κ3) is 4.45. The Morgan fingerprint density at radius 2 is 2.03 bits per heavy atom. The minimum atomic E-state index is -0.470. The molecule has 38 heavy (non-hydrogen) atoms. The molecule has 4 heterocycles. The Hall–Kier alpha value is -2.72. The number of aliphatic hydroxyl groups is 1. The minimum absolute atomic E-state index is 0.00348. The summed E-state index contributed by atoms with van der Waals surface area (Å²) in [7, 11) is 1.90. The number of hydrogen-bond acceptors (Lipinski definition) is 7. The summed E-state index contributed by atoms with van der Waals surface area (Å²) in [4.78, 5) is 22.3. The zero-order valence-corrected chi connectivity index (χ0v) is 22.9. The van der Waals surface area contributed by atoms with E-state index < -0.39 is 6.10 Å². The average Bonchev–Trinajstić information content (AvgIpc) is 3.33. The van der Waals surface area contributed by atoms with Gasteiger partial charge in [0, 0.05) is 56.9 Å². The largest absolute Gasteiger partial charge is 0.389 e. The first-order chi connectivity index (χ1) is 18.3. The average molecular weight is 539 g/mol. The fraction of sp³-hybridized carbons (Fsp3) is 0.536. The van der Waals surface area contributed by atoms with E-state index in [1.165, 1.54) is 0 Å². The van der Waals surface area contributed by atoms with Gasteiger partial charge in [-0.1, -0.05) is 24.9 Å². The Morgan fingerprint density at radius 3 is 2.68 bits per heavy atom. The fourth-order valence-electron chi connectivity index (χ4n) is 6.34. The van der Waals surface area contributed by atoms with E-state index in [-0.39, 0.29) is 23.3 Å². The Morgan fingerprint density at radius 1 is 1.24 bits per heavy atom. The summed E-state index contributed by atoms with van der Waals surface area (Å²) in [6.07, 6.45) is 4.16. The molecule has 2 saturated heterocycles. The van der Waals surface area contributed by atoms with Gasteiger partial charge in [0.05, 0.1) is 47.2 Å². The number of aromatic nitrogens is 3. The van der Waals surface area contributed by atoms with Crippen molar-refractivity contribution in [3.8, 4) is 0 Å². The highest BCUT2D eigenvalue weighted by Crippen LogP contribution is 2.55. The molecule has 0 radical (unpaired) electrons. The van der Waals surface area contributed by atoms with Crippen molar-refractivity contribution in [3.63, 3.8) is 0 Å². The number of fused-ring (bicyclic) bond motifs is 1. The highest BCUT2D eigenvalue weighted by Gasteiger charge is 2.55. The monoisotopic (exact) mass is 538 g/mol. The first-order valence-electron chi connectivity index (χ1n) is 13.4. The molecule has 1 aliphatic carbocycles. The second-order valence-electron chi connectivity index (χ2n) is 11.1. The minimum Gasteiger partial charge on any atom is -0.389 e. The number of aryl methyl sites for hydroxylation is 1. The van der Waals surface area contributed by atoms with Gasteiger partial charge < -0.3 is 20.1 Å². The molecule has 6 rings (SSSR count). The second kappa shape index (κ2) is 9.79. The molecule has 3 aromatic rings. The van der Waals surface area contributed by atoms with E-state index in [1.54, 1.807) is 10.9 Å². The van der Waals surface area contributed by atoms with Crippen molar-refractivity contribution < 1.29 is 14.6 Å². The molecule has 1 amide bonds. The Labute approximate surface area is 227 Å². The van der Waals surface area contributed by atoms with Crippen LogP contribution >= 0.6 is 11.6 Å². The predicted molar refractivity (Wildman–Crippen MR) is 148 cm³/mol. The van der Waals surface area contributed by atoms with Crippen LogP contribution < -0.4 is 10.2 Å².